The number of fused-ring (bicyclic) bond motifs is 2. The van der Waals surface area contributed by atoms with Gasteiger partial charge in [0, 0.05) is 64.4 Å². The number of aliphatic carboxylic acids is 1. The summed E-state index contributed by atoms with van der Waals surface area (Å²) in [5, 5.41) is 22.5. The number of aryl methyl sites for hydroxylation is 1. The van der Waals surface area contributed by atoms with Gasteiger partial charge in [-0.3, -0.25) is 9.80 Å². The molecule has 0 aliphatic carbocycles. The standard InChI is InChI=1S/C21H25BrN2O5.C10H7BrClNO.C10H17NO5.B2.B/c1-12-8-13-6-7-23-18(15(13)10-16(12)22)28-14-9-17(19(25)27-5)24(11-14)20(26)29-21(2,3)4;1-14-9-4-6-2-3-13-10(12)7(6)5-8(9)11;1-10(2,3)16-9(15)11-5-6(12)4-7(11)8(13)14;1-2;/h6-8,10,14,17H,9,11H2,1-5H3;2-5H,1H3;6-7,12H,4-5H2,1-3H3,(H,13,14);;/t14-,17+;;6-,7+;;/m1.1../s1. The van der Waals surface area contributed by atoms with Crippen LogP contribution in [-0.2, 0) is 23.8 Å². The van der Waals surface area contributed by atoms with Crippen LogP contribution in [-0.4, -0.2) is 141 Å². The van der Waals surface area contributed by atoms with Gasteiger partial charge in [-0.15, -0.1) is 0 Å². The zero-order valence-electron chi connectivity index (χ0n) is 36.0. The van der Waals surface area contributed by atoms with E-state index in [1.807, 2.05) is 43.3 Å². The molecule has 4 aromatic rings. The van der Waals surface area contributed by atoms with Gasteiger partial charge < -0.3 is 33.9 Å². The number of hydrogen-bond donors (Lipinski definition) is 2. The monoisotopic (exact) mass is 999 g/mol. The number of carboxylic acid groups (broad SMARTS) is 1. The van der Waals surface area contributed by atoms with Crippen molar-refractivity contribution >= 4 is 113 Å². The molecule has 21 heteroatoms. The normalized spacial score (nSPS) is 18.1. The maximum atomic E-state index is 12.6. The first-order chi connectivity index (χ1) is 28.5. The second-order valence-electron chi connectivity index (χ2n) is 15.8. The summed E-state index contributed by atoms with van der Waals surface area (Å²) in [5.74, 6) is -0.365. The Hall–Kier alpha value is -4.26. The molecule has 62 heavy (non-hydrogen) atoms. The number of carboxylic acids is 1. The summed E-state index contributed by atoms with van der Waals surface area (Å²) in [6.07, 6.45) is 1.24. The Balaban J connectivity index is 0.000000339. The van der Waals surface area contributed by atoms with E-state index >= 15 is 0 Å². The van der Waals surface area contributed by atoms with Crippen LogP contribution in [0, 0.1) is 6.92 Å². The molecule has 2 aliphatic rings. The minimum absolute atomic E-state index is 0. The number of carbonyl (C=O) groups excluding carboxylic acids is 3. The Kier molecular flexibility index (Phi) is 20.4. The van der Waals surface area contributed by atoms with Gasteiger partial charge in [-0.2, -0.15) is 0 Å². The first kappa shape index (κ1) is 53.9. The zero-order chi connectivity index (χ0) is 46.0. The summed E-state index contributed by atoms with van der Waals surface area (Å²) in [5.41, 5.74) is -0.233. The van der Waals surface area contributed by atoms with Crippen molar-refractivity contribution in [1.29, 1.82) is 0 Å². The number of esters is 1. The van der Waals surface area contributed by atoms with E-state index in [9.17, 15) is 24.3 Å². The highest BCUT2D eigenvalue weighted by molar-refractivity contribution is 9.10. The van der Waals surface area contributed by atoms with Gasteiger partial charge in [0.05, 0.1) is 37.9 Å². The number of nitrogens with zero attached hydrogens (tertiary/aromatic N) is 4. The molecule has 0 unspecified atom stereocenters. The number of rotatable bonds is 5. The lowest BCUT2D eigenvalue weighted by atomic mass is 9.81. The average Bonchev–Trinajstić information content (AvgIpc) is 3.80. The van der Waals surface area contributed by atoms with Gasteiger partial charge in [0.2, 0.25) is 5.88 Å². The molecule has 2 aromatic carbocycles. The van der Waals surface area contributed by atoms with Crippen molar-refractivity contribution in [3.8, 4) is 11.6 Å². The summed E-state index contributed by atoms with van der Waals surface area (Å²) in [6, 6.07) is 9.90. The molecule has 2 aliphatic heterocycles. The molecule has 7 radical (unpaired) electrons. The molecule has 2 fully saturated rings. The van der Waals surface area contributed by atoms with Crippen LogP contribution >= 0.6 is 43.5 Å². The molecule has 4 heterocycles. The number of aliphatic hydroxyl groups excluding tert-OH is 1. The highest BCUT2D eigenvalue weighted by atomic mass is 79.9. The highest BCUT2D eigenvalue weighted by Crippen LogP contribution is 2.34. The summed E-state index contributed by atoms with van der Waals surface area (Å²) in [7, 11) is 10.9. The quantitative estimate of drug-likeness (QED) is 0.0886. The Labute approximate surface area is 388 Å². The van der Waals surface area contributed by atoms with Gasteiger partial charge in [-0.25, -0.2) is 29.1 Å². The van der Waals surface area contributed by atoms with E-state index in [-0.39, 0.29) is 27.9 Å². The largest absolute Gasteiger partial charge is 0.496 e. The lowest BCUT2D eigenvalue weighted by Crippen LogP contribution is -2.44. The third-order valence-electron chi connectivity index (χ3n) is 8.83. The summed E-state index contributed by atoms with van der Waals surface area (Å²) < 4.78 is 28.5. The van der Waals surface area contributed by atoms with E-state index in [4.69, 9.17) is 40.4 Å². The lowest BCUT2D eigenvalue weighted by Gasteiger charge is -2.27. The highest BCUT2D eigenvalue weighted by Gasteiger charge is 2.44. The maximum Gasteiger partial charge on any atom is 0.411 e. The van der Waals surface area contributed by atoms with Gasteiger partial charge in [-0.05, 0) is 111 Å². The molecular weight excluding hydrogens is 952 g/mol. The molecule has 329 valence electrons. The SMILES string of the molecule is CC(C)(C)OC(=O)N1C[C@H](O)C[C@H]1C(=O)O.COC(=O)[C@@H]1C[C@@H](Oc2nccc3cc(C)c(Br)cc23)CN1C(=O)OC(C)(C)C.COc1cc2ccnc(Cl)c2cc1Br.[B].[B][B]. The number of methoxy groups -OCH3 is 2. The molecule has 0 bridgehead atoms. The number of pyridine rings is 2. The molecular formula is C41H49B3Br2ClN4O11. The molecule has 2 amide bonds. The van der Waals surface area contributed by atoms with Crippen LogP contribution in [0.2, 0.25) is 5.15 Å². The van der Waals surface area contributed by atoms with Crippen molar-refractivity contribution in [2.75, 3.05) is 27.3 Å². The van der Waals surface area contributed by atoms with Gasteiger partial charge in [-0.1, -0.05) is 33.6 Å². The predicted octanol–water partition coefficient (Wildman–Crippen LogP) is 7.19. The van der Waals surface area contributed by atoms with Crippen molar-refractivity contribution in [2.45, 2.75) is 96.8 Å². The number of benzene rings is 2. The molecule has 15 nitrogen and oxygen atoms in total. The van der Waals surface area contributed by atoms with Crippen molar-refractivity contribution in [2.24, 2.45) is 0 Å². The lowest BCUT2D eigenvalue weighted by molar-refractivity contribution is -0.145. The van der Waals surface area contributed by atoms with Crippen LogP contribution < -0.4 is 9.47 Å². The van der Waals surface area contributed by atoms with Crippen LogP contribution in [0.25, 0.3) is 21.5 Å². The molecule has 2 saturated heterocycles. The van der Waals surface area contributed by atoms with Crippen molar-refractivity contribution in [3.05, 3.63) is 68.5 Å². The molecule has 0 spiro atoms. The minimum Gasteiger partial charge on any atom is -0.496 e. The Morgan fingerprint density at radius 1 is 0.806 bits per heavy atom. The van der Waals surface area contributed by atoms with Crippen molar-refractivity contribution in [1.82, 2.24) is 19.8 Å². The second kappa shape index (κ2) is 23.4. The predicted molar refractivity (Wildman–Crippen MR) is 245 cm³/mol. The molecule has 2 aromatic heterocycles. The van der Waals surface area contributed by atoms with Gasteiger partial charge in [0.25, 0.3) is 0 Å². The second-order valence-corrected chi connectivity index (χ2v) is 17.8. The summed E-state index contributed by atoms with van der Waals surface area (Å²) in [4.78, 5) is 58.2. The number of amides is 2. The first-order valence-electron chi connectivity index (χ1n) is 18.8. The van der Waals surface area contributed by atoms with Crippen molar-refractivity contribution < 1.29 is 53.1 Å². The number of carbonyl (C=O) groups is 4. The fraction of sp³-hybridized carbons (Fsp3) is 0.463. The van der Waals surface area contributed by atoms with Crippen LogP contribution in [0.4, 0.5) is 9.59 Å². The van der Waals surface area contributed by atoms with E-state index < -0.39 is 59.6 Å². The van der Waals surface area contributed by atoms with E-state index in [0.717, 1.165) is 46.7 Å². The molecule has 6 rings (SSSR count). The van der Waals surface area contributed by atoms with Crippen LogP contribution in [0.5, 0.6) is 11.6 Å². The number of hydrogen-bond acceptors (Lipinski definition) is 12. The Morgan fingerprint density at radius 2 is 1.34 bits per heavy atom. The first-order valence-corrected chi connectivity index (χ1v) is 20.8. The number of aliphatic hydroxyl groups is 1. The maximum absolute atomic E-state index is 12.6. The van der Waals surface area contributed by atoms with Gasteiger partial charge in [0.15, 0.2) is 0 Å². The number of β-amino-alcohol motifs (C(OH)–C–C–N with tert-alkyl or cyclic N) is 1. The van der Waals surface area contributed by atoms with Crippen LogP contribution in [0.3, 0.4) is 0 Å². The van der Waals surface area contributed by atoms with Gasteiger partial charge in [0.1, 0.15) is 40.3 Å². The molecule has 2 N–H and O–H groups in total. The van der Waals surface area contributed by atoms with E-state index in [2.05, 4.69) is 57.3 Å². The van der Waals surface area contributed by atoms with Crippen LogP contribution in [0.1, 0.15) is 59.9 Å². The van der Waals surface area contributed by atoms with E-state index in [1.54, 1.807) is 61.0 Å². The average molecular weight is 1000 g/mol. The zero-order valence-corrected chi connectivity index (χ0v) is 39.9. The molecule has 4 atom stereocenters. The van der Waals surface area contributed by atoms with E-state index in [0.29, 0.717) is 17.5 Å². The number of ether oxygens (including phenoxy) is 5. The van der Waals surface area contributed by atoms with Crippen molar-refractivity contribution in [3.63, 3.8) is 0 Å². The van der Waals surface area contributed by atoms with Crippen LogP contribution in [0.15, 0.2) is 57.7 Å². The minimum atomic E-state index is -1.12. The fourth-order valence-electron chi connectivity index (χ4n) is 6.16. The van der Waals surface area contributed by atoms with Gasteiger partial charge >= 0.3 is 24.1 Å². The number of aromatic nitrogens is 2. The summed E-state index contributed by atoms with van der Waals surface area (Å²) in [6.45, 7) is 12.7. The third kappa shape index (κ3) is 14.9. The molecule has 0 saturated carbocycles. The fourth-order valence-corrected chi connectivity index (χ4v) is 7.23. The third-order valence-corrected chi connectivity index (χ3v) is 10.6. The van der Waals surface area contributed by atoms with E-state index in [1.165, 1.54) is 12.0 Å². The summed E-state index contributed by atoms with van der Waals surface area (Å²) >= 11 is 12.9. The number of likely N-dealkylation sites (tertiary alicyclic amines) is 2. The smallest absolute Gasteiger partial charge is 0.411 e. The Morgan fingerprint density at radius 3 is 1.87 bits per heavy atom. The Bertz CT molecular complexity index is 2200. The topological polar surface area (TPSA) is 187 Å². The number of halogens is 3.